The Bertz CT molecular complexity index is 202. The van der Waals surface area contributed by atoms with E-state index in [1.165, 1.54) is 96.3 Å². The maximum atomic E-state index is 2.54. The van der Waals surface area contributed by atoms with E-state index in [2.05, 4.69) is 26.8 Å². The summed E-state index contributed by atoms with van der Waals surface area (Å²) in [5, 5.41) is 0. The van der Waals surface area contributed by atoms with Gasteiger partial charge in [-0.05, 0) is 32.1 Å². The Labute approximate surface area is 129 Å². The quantitative estimate of drug-likeness (QED) is 0.212. The summed E-state index contributed by atoms with van der Waals surface area (Å²) in [5.41, 5.74) is 1.72. The fraction of sp³-hybridized carbons (Fsp3) is 0.900. The number of hydrogen-bond acceptors (Lipinski definition) is 0. The third kappa shape index (κ3) is 14.2. The molecule has 0 heteroatoms. The SMILES string of the molecule is CCCCCC/C=C(\CC)CCCCCCCCCC. The third-order valence-electron chi connectivity index (χ3n) is 4.30. The Morgan fingerprint density at radius 2 is 1.10 bits per heavy atom. The molecule has 0 aromatic carbocycles. The predicted octanol–water partition coefficient (Wildman–Crippen LogP) is 7.82. The van der Waals surface area contributed by atoms with E-state index in [0.717, 1.165) is 0 Å². The molecule has 0 heterocycles. The summed E-state index contributed by atoms with van der Waals surface area (Å²) in [6.07, 6.45) is 23.5. The van der Waals surface area contributed by atoms with Crippen molar-refractivity contribution >= 4 is 0 Å². The molecule has 0 nitrogen and oxygen atoms in total. The molecule has 0 aromatic heterocycles. The third-order valence-corrected chi connectivity index (χ3v) is 4.30. The highest BCUT2D eigenvalue weighted by molar-refractivity contribution is 5.00. The molecule has 20 heavy (non-hydrogen) atoms. The zero-order valence-corrected chi connectivity index (χ0v) is 14.7. The Hall–Kier alpha value is -0.260. The number of rotatable bonds is 15. The Morgan fingerprint density at radius 3 is 1.65 bits per heavy atom. The van der Waals surface area contributed by atoms with Gasteiger partial charge in [-0.15, -0.1) is 0 Å². The molecule has 0 spiro atoms. The van der Waals surface area contributed by atoms with Crippen LogP contribution in [0.1, 0.15) is 117 Å². The van der Waals surface area contributed by atoms with Crippen LogP contribution in [0, 0.1) is 0 Å². The van der Waals surface area contributed by atoms with Crippen LogP contribution in [0.3, 0.4) is 0 Å². The van der Waals surface area contributed by atoms with Gasteiger partial charge in [0.25, 0.3) is 0 Å². The minimum Gasteiger partial charge on any atom is -0.0853 e. The highest BCUT2D eigenvalue weighted by Crippen LogP contribution is 2.16. The first-order valence-electron chi connectivity index (χ1n) is 9.53. The van der Waals surface area contributed by atoms with Crippen LogP contribution < -0.4 is 0 Å². The van der Waals surface area contributed by atoms with Gasteiger partial charge >= 0.3 is 0 Å². The van der Waals surface area contributed by atoms with Gasteiger partial charge in [-0.2, -0.15) is 0 Å². The van der Waals surface area contributed by atoms with Crippen molar-refractivity contribution < 1.29 is 0 Å². The fourth-order valence-electron chi connectivity index (χ4n) is 2.79. The van der Waals surface area contributed by atoms with Crippen LogP contribution in [0.5, 0.6) is 0 Å². The van der Waals surface area contributed by atoms with E-state index in [1.807, 2.05) is 0 Å². The number of allylic oxidation sites excluding steroid dienone is 2. The van der Waals surface area contributed by atoms with Gasteiger partial charge in [0.2, 0.25) is 0 Å². The van der Waals surface area contributed by atoms with E-state index in [0.29, 0.717) is 0 Å². The molecular weight excluding hydrogens is 240 g/mol. The molecule has 0 saturated carbocycles. The average molecular weight is 281 g/mol. The van der Waals surface area contributed by atoms with Crippen molar-refractivity contribution in [3.05, 3.63) is 11.6 Å². The van der Waals surface area contributed by atoms with Crippen LogP contribution in [0.4, 0.5) is 0 Å². The van der Waals surface area contributed by atoms with Crippen molar-refractivity contribution in [2.45, 2.75) is 117 Å². The van der Waals surface area contributed by atoms with Crippen LogP contribution in [-0.4, -0.2) is 0 Å². The molecule has 0 N–H and O–H groups in total. The van der Waals surface area contributed by atoms with Gasteiger partial charge in [0.15, 0.2) is 0 Å². The van der Waals surface area contributed by atoms with Crippen LogP contribution in [0.2, 0.25) is 0 Å². The number of unbranched alkanes of at least 4 members (excludes halogenated alkanes) is 11. The van der Waals surface area contributed by atoms with E-state index in [1.54, 1.807) is 5.57 Å². The summed E-state index contributed by atoms with van der Waals surface area (Å²) in [4.78, 5) is 0. The first kappa shape index (κ1) is 19.7. The minimum absolute atomic E-state index is 1.27. The fourth-order valence-corrected chi connectivity index (χ4v) is 2.79. The van der Waals surface area contributed by atoms with Crippen molar-refractivity contribution in [2.75, 3.05) is 0 Å². The van der Waals surface area contributed by atoms with Crippen LogP contribution >= 0.6 is 0 Å². The standard InChI is InChI=1S/C20H40/c1-4-7-9-11-12-13-15-17-19-20(6-3)18-16-14-10-8-5-2/h18H,4-17,19H2,1-3H3/b20-18+. The van der Waals surface area contributed by atoms with Crippen molar-refractivity contribution in [3.63, 3.8) is 0 Å². The summed E-state index contributed by atoms with van der Waals surface area (Å²) in [5.74, 6) is 0. The van der Waals surface area contributed by atoms with Gasteiger partial charge in [-0.25, -0.2) is 0 Å². The molecule has 0 amide bonds. The molecule has 0 fully saturated rings. The summed E-state index contributed by atoms with van der Waals surface area (Å²) >= 11 is 0. The predicted molar refractivity (Wildman–Crippen MR) is 94.4 cm³/mol. The highest BCUT2D eigenvalue weighted by atomic mass is 14.0. The molecule has 120 valence electrons. The van der Waals surface area contributed by atoms with E-state index < -0.39 is 0 Å². The Kier molecular flexibility index (Phi) is 16.6. The first-order chi connectivity index (χ1) is 9.85. The van der Waals surface area contributed by atoms with Gasteiger partial charge < -0.3 is 0 Å². The van der Waals surface area contributed by atoms with Gasteiger partial charge in [0.1, 0.15) is 0 Å². The first-order valence-corrected chi connectivity index (χ1v) is 9.53. The van der Waals surface area contributed by atoms with E-state index in [9.17, 15) is 0 Å². The second-order valence-corrected chi connectivity index (χ2v) is 6.29. The van der Waals surface area contributed by atoms with E-state index in [4.69, 9.17) is 0 Å². The lowest BCUT2D eigenvalue weighted by atomic mass is 10.0. The van der Waals surface area contributed by atoms with E-state index in [-0.39, 0.29) is 0 Å². The second kappa shape index (κ2) is 16.8. The second-order valence-electron chi connectivity index (χ2n) is 6.29. The lowest BCUT2D eigenvalue weighted by Crippen LogP contribution is -1.85. The molecular formula is C20H40. The normalized spacial score (nSPS) is 12.1. The summed E-state index contributed by atoms with van der Waals surface area (Å²) < 4.78 is 0. The molecule has 0 aliphatic carbocycles. The maximum absolute atomic E-state index is 2.54. The molecule has 0 aliphatic heterocycles. The molecule has 0 saturated heterocycles. The minimum atomic E-state index is 1.27. The number of hydrogen-bond donors (Lipinski definition) is 0. The molecule has 0 radical (unpaired) electrons. The van der Waals surface area contributed by atoms with Crippen LogP contribution in [0.25, 0.3) is 0 Å². The van der Waals surface area contributed by atoms with Crippen molar-refractivity contribution in [3.8, 4) is 0 Å². The van der Waals surface area contributed by atoms with Gasteiger partial charge in [0.05, 0.1) is 0 Å². The summed E-state index contributed by atoms with van der Waals surface area (Å²) in [7, 11) is 0. The van der Waals surface area contributed by atoms with Crippen LogP contribution in [0.15, 0.2) is 11.6 Å². The van der Waals surface area contributed by atoms with Gasteiger partial charge in [-0.3, -0.25) is 0 Å². The summed E-state index contributed by atoms with van der Waals surface area (Å²) in [6, 6.07) is 0. The molecule has 0 aliphatic rings. The Morgan fingerprint density at radius 1 is 0.600 bits per heavy atom. The Balaban J connectivity index is 3.42. The smallest absolute Gasteiger partial charge is 0.0320 e. The maximum Gasteiger partial charge on any atom is -0.0320 e. The van der Waals surface area contributed by atoms with Crippen LogP contribution in [-0.2, 0) is 0 Å². The summed E-state index contributed by atoms with van der Waals surface area (Å²) in [6.45, 7) is 6.90. The molecule has 0 atom stereocenters. The molecule has 0 aromatic rings. The lowest BCUT2D eigenvalue weighted by molar-refractivity contribution is 0.573. The van der Waals surface area contributed by atoms with Crippen molar-refractivity contribution in [1.29, 1.82) is 0 Å². The largest absolute Gasteiger partial charge is 0.0853 e. The molecule has 0 bridgehead atoms. The monoisotopic (exact) mass is 280 g/mol. The van der Waals surface area contributed by atoms with Crippen molar-refractivity contribution in [2.24, 2.45) is 0 Å². The lowest BCUT2D eigenvalue weighted by Gasteiger charge is -2.05. The van der Waals surface area contributed by atoms with Crippen molar-refractivity contribution in [1.82, 2.24) is 0 Å². The molecule has 0 unspecified atom stereocenters. The van der Waals surface area contributed by atoms with Gasteiger partial charge in [-0.1, -0.05) is 96.6 Å². The van der Waals surface area contributed by atoms with E-state index >= 15 is 0 Å². The van der Waals surface area contributed by atoms with Gasteiger partial charge in [0, 0.05) is 0 Å². The zero-order chi connectivity index (χ0) is 14.9. The average Bonchev–Trinajstić information content (AvgIpc) is 2.47. The zero-order valence-electron chi connectivity index (χ0n) is 14.7. The molecule has 0 rings (SSSR count). The topological polar surface area (TPSA) is 0 Å². The highest BCUT2D eigenvalue weighted by Gasteiger charge is 1.96.